The molecule has 0 saturated carbocycles. The van der Waals surface area contributed by atoms with Crippen LogP contribution in [0.5, 0.6) is 5.88 Å². The summed E-state index contributed by atoms with van der Waals surface area (Å²) < 4.78 is 18.1. The van der Waals surface area contributed by atoms with Crippen molar-refractivity contribution < 1.29 is 19.0 Å². The van der Waals surface area contributed by atoms with Gasteiger partial charge in [-0.25, -0.2) is 14.2 Å². The Labute approximate surface area is 97.8 Å². The molecule has 1 atom stereocenters. The summed E-state index contributed by atoms with van der Waals surface area (Å²) in [6.07, 6.45) is 1.34. The molecule has 0 bridgehead atoms. The van der Waals surface area contributed by atoms with E-state index in [9.17, 15) is 9.18 Å². The van der Waals surface area contributed by atoms with E-state index in [1.54, 1.807) is 6.92 Å². The van der Waals surface area contributed by atoms with Crippen molar-refractivity contribution in [1.29, 1.82) is 5.41 Å². The first-order chi connectivity index (χ1) is 8.01. The van der Waals surface area contributed by atoms with Crippen molar-refractivity contribution in [2.45, 2.75) is 19.3 Å². The van der Waals surface area contributed by atoms with Gasteiger partial charge in [0, 0.05) is 11.5 Å². The maximum Gasteiger partial charge on any atom is 0.350 e. The number of aliphatic carboxylic acids is 1. The molecule has 6 heteroatoms. The molecule has 1 heterocycles. The van der Waals surface area contributed by atoms with Crippen LogP contribution in [0.2, 0.25) is 0 Å². The molecule has 2 N–H and O–H groups in total. The maximum atomic E-state index is 13.1. The third-order valence-electron chi connectivity index (χ3n) is 2.40. The molecule has 0 aliphatic carbocycles. The molecular weight excluding hydrogens is 227 g/mol. The van der Waals surface area contributed by atoms with Crippen molar-refractivity contribution in [3.05, 3.63) is 23.6 Å². The van der Waals surface area contributed by atoms with Crippen LogP contribution in [0, 0.1) is 11.2 Å². The van der Waals surface area contributed by atoms with Gasteiger partial charge in [-0.3, -0.25) is 5.41 Å². The number of carboxylic acid groups (broad SMARTS) is 1. The van der Waals surface area contributed by atoms with E-state index in [-0.39, 0.29) is 11.4 Å². The van der Waals surface area contributed by atoms with Crippen molar-refractivity contribution >= 4 is 11.7 Å². The average molecular weight is 240 g/mol. The first-order valence-electron chi connectivity index (χ1n) is 5.02. The Bertz CT molecular complexity index is 448. The van der Waals surface area contributed by atoms with E-state index < -0.39 is 23.4 Å². The molecule has 0 spiro atoms. The lowest BCUT2D eigenvalue weighted by molar-refractivity contribution is -0.129. The topological polar surface area (TPSA) is 83.3 Å². The number of rotatable bonds is 5. The number of halogens is 1. The fraction of sp³-hybridized carbons (Fsp3) is 0.364. The molecule has 0 amide bonds. The number of carboxylic acids is 1. The van der Waals surface area contributed by atoms with Crippen LogP contribution in [-0.2, 0) is 4.79 Å². The minimum Gasteiger partial charge on any atom is -0.481 e. The van der Waals surface area contributed by atoms with Crippen LogP contribution in [0.3, 0.4) is 0 Å². The molecule has 0 saturated heterocycles. The van der Waals surface area contributed by atoms with Gasteiger partial charge in [-0.2, -0.15) is 0 Å². The highest BCUT2D eigenvalue weighted by molar-refractivity contribution is 6.36. The number of nitrogens with zero attached hydrogens (tertiary/aromatic N) is 1. The normalized spacial score (nSPS) is 11.9. The number of hydrogen-bond acceptors (Lipinski definition) is 4. The van der Waals surface area contributed by atoms with E-state index >= 15 is 0 Å². The van der Waals surface area contributed by atoms with Gasteiger partial charge in [0.1, 0.15) is 11.5 Å². The van der Waals surface area contributed by atoms with Crippen LogP contribution in [0.25, 0.3) is 0 Å². The molecule has 0 aliphatic heterocycles. The Balaban J connectivity index is 3.23. The van der Waals surface area contributed by atoms with Crippen molar-refractivity contribution in [3.63, 3.8) is 0 Å². The third kappa shape index (κ3) is 2.77. The molecule has 92 valence electrons. The third-order valence-corrected chi connectivity index (χ3v) is 2.40. The van der Waals surface area contributed by atoms with Crippen molar-refractivity contribution in [1.82, 2.24) is 4.98 Å². The largest absolute Gasteiger partial charge is 0.481 e. The first kappa shape index (κ1) is 13.1. The van der Waals surface area contributed by atoms with Gasteiger partial charge in [-0.1, -0.05) is 6.92 Å². The van der Waals surface area contributed by atoms with Crippen LogP contribution in [0.4, 0.5) is 4.39 Å². The number of hydrogen-bond donors (Lipinski definition) is 2. The van der Waals surface area contributed by atoms with Gasteiger partial charge in [0.25, 0.3) is 0 Å². The number of ether oxygens (including phenoxy) is 1. The van der Waals surface area contributed by atoms with Gasteiger partial charge in [0.2, 0.25) is 5.88 Å². The van der Waals surface area contributed by atoms with Crippen molar-refractivity contribution in [3.8, 4) is 5.88 Å². The summed E-state index contributed by atoms with van der Waals surface area (Å²) in [6, 6.07) is 1.15. The number of methoxy groups -OCH3 is 1. The second-order valence-corrected chi connectivity index (χ2v) is 3.43. The standard InChI is InChI=1S/C11H13FN2O3/c1-3-7(9(13)11(15)16)8-4-6(12)5-14-10(8)17-2/h4-5,7,13H,3H2,1-2H3,(H,15,16). The maximum absolute atomic E-state index is 13.1. The van der Waals surface area contributed by atoms with Gasteiger partial charge < -0.3 is 9.84 Å². The lowest BCUT2D eigenvalue weighted by Crippen LogP contribution is -2.21. The minimum absolute atomic E-state index is 0.143. The Hall–Kier alpha value is -1.98. The molecule has 17 heavy (non-hydrogen) atoms. The number of pyridine rings is 1. The zero-order valence-electron chi connectivity index (χ0n) is 9.53. The van der Waals surface area contributed by atoms with E-state index in [1.807, 2.05) is 0 Å². The molecular formula is C11H13FN2O3. The molecule has 1 rings (SSSR count). The fourth-order valence-corrected chi connectivity index (χ4v) is 1.59. The number of aromatic nitrogens is 1. The summed E-state index contributed by atoms with van der Waals surface area (Å²) in [4.78, 5) is 14.5. The van der Waals surface area contributed by atoms with Crippen molar-refractivity contribution in [2.75, 3.05) is 7.11 Å². The lowest BCUT2D eigenvalue weighted by Gasteiger charge is -2.16. The van der Waals surface area contributed by atoms with Gasteiger partial charge in [-0.15, -0.1) is 0 Å². The van der Waals surface area contributed by atoms with E-state index in [1.165, 1.54) is 7.11 Å². The Morgan fingerprint density at radius 3 is 2.82 bits per heavy atom. The van der Waals surface area contributed by atoms with Crippen LogP contribution >= 0.6 is 0 Å². The van der Waals surface area contributed by atoms with Gasteiger partial charge in [0.05, 0.1) is 13.3 Å². The molecule has 1 aromatic heterocycles. The highest BCUT2D eigenvalue weighted by Gasteiger charge is 2.25. The molecule has 1 unspecified atom stereocenters. The highest BCUT2D eigenvalue weighted by atomic mass is 19.1. The Morgan fingerprint density at radius 1 is 1.71 bits per heavy atom. The first-order valence-corrected chi connectivity index (χ1v) is 5.02. The summed E-state index contributed by atoms with van der Waals surface area (Å²) in [6.45, 7) is 1.71. The second kappa shape index (κ2) is 5.38. The van der Waals surface area contributed by atoms with E-state index in [2.05, 4.69) is 4.98 Å². The average Bonchev–Trinajstić information content (AvgIpc) is 2.30. The summed E-state index contributed by atoms with van der Waals surface area (Å²) in [7, 11) is 1.36. The molecule has 1 aromatic rings. The summed E-state index contributed by atoms with van der Waals surface area (Å²) in [5.41, 5.74) is -0.222. The van der Waals surface area contributed by atoms with E-state index in [0.717, 1.165) is 12.3 Å². The van der Waals surface area contributed by atoms with Crippen molar-refractivity contribution in [2.24, 2.45) is 0 Å². The monoisotopic (exact) mass is 240 g/mol. The fourth-order valence-electron chi connectivity index (χ4n) is 1.59. The second-order valence-electron chi connectivity index (χ2n) is 3.43. The summed E-state index contributed by atoms with van der Waals surface area (Å²) in [5.74, 6) is -2.50. The van der Waals surface area contributed by atoms with Crippen LogP contribution < -0.4 is 4.74 Å². The molecule has 0 aliphatic rings. The smallest absolute Gasteiger partial charge is 0.350 e. The van der Waals surface area contributed by atoms with E-state index in [4.69, 9.17) is 15.3 Å². The summed E-state index contributed by atoms with van der Waals surface area (Å²) >= 11 is 0. The Morgan fingerprint density at radius 2 is 2.35 bits per heavy atom. The quantitative estimate of drug-likeness (QED) is 0.769. The minimum atomic E-state index is -1.33. The molecule has 0 aromatic carbocycles. The van der Waals surface area contributed by atoms with Crippen LogP contribution in [0.1, 0.15) is 24.8 Å². The number of carbonyl (C=O) groups is 1. The van der Waals surface area contributed by atoms with Crippen LogP contribution in [0.15, 0.2) is 12.3 Å². The predicted octanol–water partition coefficient (Wildman–Crippen LogP) is 1.83. The van der Waals surface area contributed by atoms with Gasteiger partial charge in [0.15, 0.2) is 0 Å². The van der Waals surface area contributed by atoms with Crippen LogP contribution in [-0.4, -0.2) is 28.9 Å². The van der Waals surface area contributed by atoms with Gasteiger partial charge >= 0.3 is 5.97 Å². The Kier molecular flexibility index (Phi) is 4.14. The predicted molar refractivity (Wildman–Crippen MR) is 59.1 cm³/mol. The number of nitrogens with one attached hydrogen (secondary N) is 1. The summed E-state index contributed by atoms with van der Waals surface area (Å²) in [5, 5.41) is 16.3. The molecule has 5 nitrogen and oxygen atoms in total. The molecule has 0 fully saturated rings. The highest BCUT2D eigenvalue weighted by Crippen LogP contribution is 2.28. The van der Waals surface area contributed by atoms with E-state index in [0.29, 0.717) is 6.42 Å². The molecule has 0 radical (unpaired) electrons. The van der Waals surface area contributed by atoms with Gasteiger partial charge in [-0.05, 0) is 12.5 Å². The SMILES string of the molecule is CCC(C(=N)C(=O)O)c1cc(F)cnc1OC. The zero-order chi connectivity index (χ0) is 13.0. The lowest BCUT2D eigenvalue weighted by atomic mass is 9.92. The zero-order valence-corrected chi connectivity index (χ0v) is 9.53.